The maximum atomic E-state index is 11.7. The number of rotatable bonds is 16. The minimum Gasteiger partial charge on any atom is -0.486 e. The highest BCUT2D eigenvalue weighted by atomic mass is 16.6. The molecule has 0 saturated heterocycles. The molecule has 1 saturated carbocycles. The first kappa shape index (κ1) is 25.7. The van der Waals surface area contributed by atoms with E-state index in [1.165, 1.54) is 89.9 Å². The van der Waals surface area contributed by atoms with E-state index in [4.69, 9.17) is 9.84 Å². The lowest BCUT2D eigenvalue weighted by Crippen LogP contribution is -2.30. The number of esters is 1. The first-order chi connectivity index (χ1) is 15.1. The average molecular weight is 437 g/mol. The smallest absolute Gasteiger partial charge is 0.344 e. The molecule has 0 aromatic rings. The second kappa shape index (κ2) is 15.3. The molecular weight excluding hydrogens is 392 g/mol. The zero-order valence-corrected chi connectivity index (χ0v) is 19.6. The minimum absolute atomic E-state index is 0.189. The van der Waals surface area contributed by atoms with Gasteiger partial charge in [0.15, 0.2) is 13.2 Å². The standard InChI is InChI=1S/C26H44O5/c1-2-3-4-5-6-7-8-9-10-11-13-21-16-17-22-14-12-15-24(23(22)18-21)30-20-26(29)31-19-25(27)28/h15,21-23H,2-14,16-20H2,1H3,(H,27,28). The Morgan fingerprint density at radius 2 is 1.61 bits per heavy atom. The Labute approximate surface area is 189 Å². The van der Waals surface area contributed by atoms with Crippen molar-refractivity contribution in [2.75, 3.05) is 13.2 Å². The van der Waals surface area contributed by atoms with Crippen molar-refractivity contribution < 1.29 is 24.2 Å². The number of fused-ring (bicyclic) bond motifs is 1. The van der Waals surface area contributed by atoms with Crippen molar-refractivity contribution in [2.24, 2.45) is 17.8 Å². The van der Waals surface area contributed by atoms with Crippen LogP contribution in [0.3, 0.4) is 0 Å². The van der Waals surface area contributed by atoms with Crippen LogP contribution >= 0.6 is 0 Å². The lowest BCUT2D eigenvalue weighted by molar-refractivity contribution is -0.157. The normalized spacial score (nSPS) is 23.0. The topological polar surface area (TPSA) is 72.8 Å². The molecule has 3 atom stereocenters. The molecule has 1 N–H and O–H groups in total. The number of aliphatic carboxylic acids is 1. The Balaban J connectivity index is 1.60. The van der Waals surface area contributed by atoms with Crippen LogP contribution in [0.15, 0.2) is 11.8 Å². The summed E-state index contributed by atoms with van der Waals surface area (Å²) in [5.41, 5.74) is 0. The van der Waals surface area contributed by atoms with Crippen molar-refractivity contribution in [1.29, 1.82) is 0 Å². The van der Waals surface area contributed by atoms with E-state index in [-0.39, 0.29) is 6.61 Å². The van der Waals surface area contributed by atoms with Crippen LogP contribution < -0.4 is 0 Å². The fourth-order valence-electron chi connectivity index (χ4n) is 5.28. The first-order valence-electron chi connectivity index (χ1n) is 12.8. The summed E-state index contributed by atoms with van der Waals surface area (Å²) in [5.74, 6) is 1.04. The van der Waals surface area contributed by atoms with Crippen LogP contribution in [0.2, 0.25) is 0 Å². The molecule has 5 nitrogen and oxygen atoms in total. The number of carboxylic acids is 1. The molecule has 1 fully saturated rings. The average Bonchev–Trinajstić information content (AvgIpc) is 2.77. The van der Waals surface area contributed by atoms with Gasteiger partial charge in [-0.3, -0.25) is 0 Å². The van der Waals surface area contributed by atoms with Crippen LogP contribution in [-0.2, 0) is 19.1 Å². The van der Waals surface area contributed by atoms with Crippen LogP contribution in [0, 0.1) is 17.8 Å². The lowest BCUT2D eigenvalue weighted by Gasteiger charge is -2.39. The highest BCUT2D eigenvalue weighted by Gasteiger charge is 2.35. The molecule has 5 heteroatoms. The first-order valence-corrected chi connectivity index (χ1v) is 12.8. The van der Waals surface area contributed by atoms with Crippen molar-refractivity contribution in [3.8, 4) is 0 Å². The van der Waals surface area contributed by atoms with Crippen molar-refractivity contribution >= 4 is 11.9 Å². The molecule has 0 radical (unpaired) electrons. The fourth-order valence-corrected chi connectivity index (χ4v) is 5.28. The third-order valence-corrected chi connectivity index (χ3v) is 7.03. The molecule has 178 valence electrons. The van der Waals surface area contributed by atoms with Gasteiger partial charge in [0.05, 0.1) is 5.76 Å². The van der Waals surface area contributed by atoms with Crippen LogP contribution in [0.4, 0.5) is 0 Å². The van der Waals surface area contributed by atoms with Gasteiger partial charge in [0.25, 0.3) is 0 Å². The predicted octanol–water partition coefficient (Wildman–Crippen LogP) is 6.65. The molecule has 0 aromatic heterocycles. The van der Waals surface area contributed by atoms with Crippen LogP contribution in [-0.4, -0.2) is 30.3 Å². The van der Waals surface area contributed by atoms with Gasteiger partial charge in [-0.05, 0) is 43.6 Å². The number of hydrogen-bond donors (Lipinski definition) is 1. The molecule has 0 aliphatic heterocycles. The Morgan fingerprint density at radius 1 is 0.935 bits per heavy atom. The van der Waals surface area contributed by atoms with Gasteiger partial charge in [0.1, 0.15) is 0 Å². The monoisotopic (exact) mass is 436 g/mol. The minimum atomic E-state index is -1.15. The van der Waals surface area contributed by atoms with Gasteiger partial charge in [-0.25, -0.2) is 9.59 Å². The largest absolute Gasteiger partial charge is 0.486 e. The van der Waals surface area contributed by atoms with Crippen molar-refractivity contribution in [2.45, 2.75) is 110 Å². The maximum Gasteiger partial charge on any atom is 0.344 e. The fraction of sp³-hybridized carbons (Fsp3) is 0.846. The maximum absolute atomic E-state index is 11.7. The molecule has 2 aliphatic rings. The van der Waals surface area contributed by atoms with E-state index in [0.29, 0.717) is 11.8 Å². The molecule has 0 bridgehead atoms. The van der Waals surface area contributed by atoms with Gasteiger partial charge in [-0.1, -0.05) is 84.0 Å². The summed E-state index contributed by atoms with van der Waals surface area (Å²) in [6, 6.07) is 0. The number of allylic oxidation sites excluding steroid dienone is 2. The number of carboxylic acid groups (broad SMARTS) is 1. The van der Waals surface area contributed by atoms with Crippen molar-refractivity contribution in [3.05, 3.63) is 11.8 Å². The number of carbonyl (C=O) groups is 2. The molecule has 2 rings (SSSR count). The zero-order chi connectivity index (χ0) is 22.3. The summed E-state index contributed by atoms with van der Waals surface area (Å²) in [6.07, 6.45) is 23.2. The van der Waals surface area contributed by atoms with Gasteiger partial charge in [-0.2, -0.15) is 0 Å². The summed E-state index contributed by atoms with van der Waals surface area (Å²) in [6.45, 7) is 1.48. The summed E-state index contributed by atoms with van der Waals surface area (Å²) in [7, 11) is 0. The van der Waals surface area contributed by atoms with Gasteiger partial charge in [0, 0.05) is 5.92 Å². The van der Waals surface area contributed by atoms with E-state index in [2.05, 4.69) is 17.7 Å². The van der Waals surface area contributed by atoms with Gasteiger partial charge >= 0.3 is 11.9 Å². The Hall–Kier alpha value is -1.52. The number of carbonyl (C=O) groups excluding carboxylic acids is 1. The number of ether oxygens (including phenoxy) is 2. The Kier molecular flexibility index (Phi) is 12.7. The van der Waals surface area contributed by atoms with Gasteiger partial charge in [-0.15, -0.1) is 0 Å². The summed E-state index contributed by atoms with van der Waals surface area (Å²) < 4.78 is 10.5. The van der Waals surface area contributed by atoms with E-state index in [9.17, 15) is 9.59 Å². The quantitative estimate of drug-likeness (QED) is 0.216. The highest BCUT2D eigenvalue weighted by molar-refractivity contribution is 5.75. The second-order valence-corrected chi connectivity index (χ2v) is 9.54. The predicted molar refractivity (Wildman–Crippen MR) is 123 cm³/mol. The molecule has 0 amide bonds. The third kappa shape index (κ3) is 10.6. The van der Waals surface area contributed by atoms with Crippen molar-refractivity contribution in [1.82, 2.24) is 0 Å². The van der Waals surface area contributed by atoms with Gasteiger partial charge < -0.3 is 14.6 Å². The van der Waals surface area contributed by atoms with Crippen LogP contribution in [0.1, 0.15) is 110 Å². The summed E-state index contributed by atoms with van der Waals surface area (Å²) in [4.78, 5) is 22.2. The Morgan fingerprint density at radius 3 is 2.29 bits per heavy atom. The molecule has 0 aromatic carbocycles. The molecular formula is C26H44O5. The summed E-state index contributed by atoms with van der Waals surface area (Å²) >= 11 is 0. The molecule has 31 heavy (non-hydrogen) atoms. The number of hydrogen-bond acceptors (Lipinski definition) is 4. The zero-order valence-electron chi connectivity index (χ0n) is 19.6. The van der Waals surface area contributed by atoms with Gasteiger partial charge in [0.2, 0.25) is 0 Å². The third-order valence-electron chi connectivity index (χ3n) is 7.03. The van der Waals surface area contributed by atoms with E-state index < -0.39 is 18.5 Å². The molecule has 2 aliphatic carbocycles. The highest BCUT2D eigenvalue weighted by Crippen LogP contribution is 2.45. The van der Waals surface area contributed by atoms with E-state index >= 15 is 0 Å². The molecule has 3 unspecified atom stereocenters. The number of unbranched alkanes of at least 4 members (excludes halogenated alkanes) is 9. The molecule has 0 heterocycles. The summed E-state index contributed by atoms with van der Waals surface area (Å²) in [5, 5.41) is 8.60. The van der Waals surface area contributed by atoms with E-state index in [1.54, 1.807) is 0 Å². The Bertz CT molecular complexity index is 556. The lowest BCUT2D eigenvalue weighted by atomic mass is 9.68. The van der Waals surface area contributed by atoms with Crippen LogP contribution in [0.5, 0.6) is 0 Å². The second-order valence-electron chi connectivity index (χ2n) is 9.54. The van der Waals surface area contributed by atoms with Crippen molar-refractivity contribution in [3.63, 3.8) is 0 Å². The SMILES string of the molecule is CCCCCCCCCCCCC1CCC2CCC=C(OCC(=O)OCC(=O)O)C2C1. The van der Waals surface area contributed by atoms with Crippen LogP contribution in [0.25, 0.3) is 0 Å². The van der Waals surface area contributed by atoms with E-state index in [1.807, 2.05) is 0 Å². The molecule has 0 spiro atoms. The van der Waals surface area contributed by atoms with E-state index in [0.717, 1.165) is 24.5 Å².